The van der Waals surface area contributed by atoms with Gasteiger partial charge in [-0.25, -0.2) is 0 Å². The highest BCUT2D eigenvalue weighted by atomic mass is 35.5. The van der Waals surface area contributed by atoms with Crippen LogP contribution in [0.5, 0.6) is 0 Å². The first-order valence-corrected chi connectivity index (χ1v) is 6.88. The lowest BCUT2D eigenvalue weighted by Gasteiger charge is -2.00. The van der Waals surface area contributed by atoms with Crippen molar-refractivity contribution in [1.82, 2.24) is 10.1 Å². The van der Waals surface area contributed by atoms with Gasteiger partial charge in [-0.05, 0) is 19.1 Å². The van der Waals surface area contributed by atoms with Crippen molar-refractivity contribution in [3.8, 4) is 0 Å². The highest BCUT2D eigenvalue weighted by Crippen LogP contribution is 2.28. The molecule has 1 heterocycles. The molecule has 0 radical (unpaired) electrons. The van der Waals surface area contributed by atoms with Gasteiger partial charge in [0.05, 0.1) is 23.3 Å². The number of halogens is 1. The SMILES string of the molecule is CC(O)Cc1nc(CSc2ccccc2Cl)no1. The first-order chi connectivity index (χ1) is 8.65. The van der Waals surface area contributed by atoms with E-state index in [-0.39, 0.29) is 0 Å². The van der Waals surface area contributed by atoms with Crippen molar-refractivity contribution in [2.75, 3.05) is 0 Å². The van der Waals surface area contributed by atoms with Gasteiger partial charge in [-0.3, -0.25) is 0 Å². The van der Waals surface area contributed by atoms with Crippen LogP contribution in [0.2, 0.25) is 5.02 Å². The molecule has 0 saturated carbocycles. The quantitative estimate of drug-likeness (QED) is 0.856. The van der Waals surface area contributed by atoms with Gasteiger partial charge in [0.15, 0.2) is 5.82 Å². The number of thioether (sulfide) groups is 1. The summed E-state index contributed by atoms with van der Waals surface area (Å²) >= 11 is 7.60. The molecule has 2 aromatic rings. The molecule has 0 aliphatic carbocycles. The summed E-state index contributed by atoms with van der Waals surface area (Å²) in [6.07, 6.45) is -0.0986. The molecular weight excluding hydrogens is 272 g/mol. The third kappa shape index (κ3) is 3.73. The van der Waals surface area contributed by atoms with E-state index < -0.39 is 6.10 Å². The van der Waals surface area contributed by atoms with Crippen LogP contribution >= 0.6 is 23.4 Å². The molecule has 0 saturated heterocycles. The summed E-state index contributed by atoms with van der Waals surface area (Å²) in [5.41, 5.74) is 0. The molecule has 1 N–H and O–H groups in total. The van der Waals surface area contributed by atoms with Crippen LogP contribution in [0.1, 0.15) is 18.6 Å². The van der Waals surface area contributed by atoms with E-state index in [1.54, 1.807) is 18.7 Å². The van der Waals surface area contributed by atoms with Crippen LogP contribution in [0.4, 0.5) is 0 Å². The van der Waals surface area contributed by atoms with Crippen molar-refractivity contribution >= 4 is 23.4 Å². The summed E-state index contributed by atoms with van der Waals surface area (Å²) in [6.45, 7) is 1.68. The fourth-order valence-electron chi connectivity index (χ4n) is 1.39. The number of nitrogens with zero attached hydrogens (tertiary/aromatic N) is 2. The molecule has 6 heteroatoms. The average Bonchev–Trinajstić information content (AvgIpc) is 2.75. The molecule has 18 heavy (non-hydrogen) atoms. The molecular formula is C12H13ClN2O2S. The van der Waals surface area contributed by atoms with E-state index >= 15 is 0 Å². The highest BCUT2D eigenvalue weighted by molar-refractivity contribution is 7.98. The summed E-state index contributed by atoms with van der Waals surface area (Å²) < 4.78 is 5.03. The molecule has 0 bridgehead atoms. The molecule has 0 spiro atoms. The summed E-state index contributed by atoms with van der Waals surface area (Å²) in [5.74, 6) is 1.66. The third-order valence-corrected chi connectivity index (χ3v) is 3.68. The van der Waals surface area contributed by atoms with Crippen molar-refractivity contribution in [1.29, 1.82) is 0 Å². The number of aliphatic hydroxyl groups excluding tert-OH is 1. The number of rotatable bonds is 5. The van der Waals surface area contributed by atoms with E-state index in [1.807, 2.05) is 24.3 Å². The predicted molar refractivity (Wildman–Crippen MR) is 70.7 cm³/mol. The smallest absolute Gasteiger partial charge is 0.229 e. The van der Waals surface area contributed by atoms with E-state index in [4.69, 9.17) is 16.1 Å². The fraction of sp³-hybridized carbons (Fsp3) is 0.333. The van der Waals surface area contributed by atoms with E-state index in [1.165, 1.54) is 0 Å². The number of hydrogen-bond acceptors (Lipinski definition) is 5. The Hall–Kier alpha value is -1.04. The van der Waals surface area contributed by atoms with Crippen LogP contribution in [-0.2, 0) is 12.2 Å². The maximum absolute atomic E-state index is 9.21. The van der Waals surface area contributed by atoms with Crippen molar-refractivity contribution < 1.29 is 9.63 Å². The van der Waals surface area contributed by atoms with Crippen LogP contribution in [0.25, 0.3) is 0 Å². The minimum Gasteiger partial charge on any atom is -0.393 e. The van der Waals surface area contributed by atoms with E-state index in [0.717, 1.165) is 9.92 Å². The van der Waals surface area contributed by atoms with Gasteiger partial charge in [0.2, 0.25) is 5.89 Å². The second-order valence-electron chi connectivity index (χ2n) is 3.88. The largest absolute Gasteiger partial charge is 0.393 e. The highest BCUT2D eigenvalue weighted by Gasteiger charge is 2.09. The minimum absolute atomic E-state index is 0.379. The van der Waals surface area contributed by atoms with Gasteiger partial charge in [0.25, 0.3) is 0 Å². The minimum atomic E-state index is -0.477. The fourth-order valence-corrected chi connectivity index (χ4v) is 2.47. The average molecular weight is 285 g/mol. The molecule has 0 fully saturated rings. The Morgan fingerprint density at radius 1 is 1.44 bits per heavy atom. The molecule has 96 valence electrons. The Balaban J connectivity index is 1.94. The van der Waals surface area contributed by atoms with Gasteiger partial charge in [-0.1, -0.05) is 28.9 Å². The van der Waals surface area contributed by atoms with Crippen LogP contribution < -0.4 is 0 Å². The van der Waals surface area contributed by atoms with Gasteiger partial charge in [-0.15, -0.1) is 11.8 Å². The molecule has 1 unspecified atom stereocenters. The van der Waals surface area contributed by atoms with Crippen molar-refractivity contribution in [3.05, 3.63) is 41.0 Å². The van der Waals surface area contributed by atoms with Gasteiger partial charge in [-0.2, -0.15) is 4.98 Å². The van der Waals surface area contributed by atoms with Crippen molar-refractivity contribution in [3.63, 3.8) is 0 Å². The van der Waals surface area contributed by atoms with Gasteiger partial charge in [0, 0.05) is 4.90 Å². The Morgan fingerprint density at radius 2 is 2.22 bits per heavy atom. The standard InChI is InChI=1S/C12H13ClN2O2S/c1-8(16)6-12-14-11(15-17-12)7-18-10-5-3-2-4-9(10)13/h2-5,8,16H,6-7H2,1H3. The summed E-state index contributed by atoms with van der Waals surface area (Å²) in [7, 11) is 0. The van der Waals surface area contributed by atoms with E-state index in [9.17, 15) is 5.11 Å². The van der Waals surface area contributed by atoms with Crippen LogP contribution in [0.3, 0.4) is 0 Å². The van der Waals surface area contributed by atoms with Crippen LogP contribution in [0.15, 0.2) is 33.7 Å². The topological polar surface area (TPSA) is 59.2 Å². The maximum atomic E-state index is 9.21. The first-order valence-electron chi connectivity index (χ1n) is 5.52. The van der Waals surface area contributed by atoms with Crippen LogP contribution in [0, 0.1) is 0 Å². The lowest BCUT2D eigenvalue weighted by molar-refractivity contribution is 0.181. The van der Waals surface area contributed by atoms with Gasteiger partial charge < -0.3 is 9.63 Å². The number of benzene rings is 1. The van der Waals surface area contributed by atoms with Gasteiger partial charge >= 0.3 is 0 Å². The molecule has 1 atom stereocenters. The normalized spacial score (nSPS) is 12.6. The second-order valence-corrected chi connectivity index (χ2v) is 5.30. The monoisotopic (exact) mass is 284 g/mol. The maximum Gasteiger partial charge on any atom is 0.229 e. The lowest BCUT2D eigenvalue weighted by atomic mass is 10.3. The van der Waals surface area contributed by atoms with Gasteiger partial charge in [0.1, 0.15) is 0 Å². The van der Waals surface area contributed by atoms with Crippen LogP contribution in [-0.4, -0.2) is 21.4 Å². The zero-order chi connectivity index (χ0) is 13.0. The molecule has 0 aliphatic rings. The zero-order valence-corrected chi connectivity index (χ0v) is 11.4. The molecule has 0 aliphatic heterocycles. The Kier molecular flexibility index (Phi) is 4.63. The summed E-state index contributed by atoms with van der Waals surface area (Å²) in [4.78, 5) is 5.18. The van der Waals surface area contributed by atoms with Crippen molar-refractivity contribution in [2.45, 2.75) is 30.1 Å². The first kappa shape index (κ1) is 13.4. The Bertz CT molecular complexity index is 516. The molecule has 4 nitrogen and oxygen atoms in total. The zero-order valence-electron chi connectivity index (χ0n) is 9.84. The summed E-state index contributed by atoms with van der Waals surface area (Å²) in [6, 6.07) is 7.62. The van der Waals surface area contributed by atoms with Crippen molar-refractivity contribution in [2.24, 2.45) is 0 Å². The van der Waals surface area contributed by atoms with E-state index in [0.29, 0.717) is 23.9 Å². The Morgan fingerprint density at radius 3 is 2.94 bits per heavy atom. The summed E-state index contributed by atoms with van der Waals surface area (Å²) in [5, 5.41) is 13.8. The molecule has 1 aromatic carbocycles. The second kappa shape index (κ2) is 6.22. The number of aliphatic hydroxyl groups is 1. The number of hydrogen-bond donors (Lipinski definition) is 1. The molecule has 1 aromatic heterocycles. The predicted octanol–water partition coefficient (Wildman–Crippen LogP) is 2.94. The lowest BCUT2D eigenvalue weighted by Crippen LogP contribution is -2.04. The third-order valence-electron chi connectivity index (χ3n) is 2.17. The molecule has 2 rings (SSSR count). The van der Waals surface area contributed by atoms with E-state index in [2.05, 4.69) is 10.1 Å². The number of aromatic nitrogens is 2. The molecule has 0 amide bonds. The Labute approximate surface area is 114 Å².